The number of methoxy groups -OCH3 is 2. The summed E-state index contributed by atoms with van der Waals surface area (Å²) in [5.74, 6) is 0.337. The summed E-state index contributed by atoms with van der Waals surface area (Å²) in [6.07, 6.45) is 1.39. The number of benzene rings is 1. The van der Waals surface area contributed by atoms with Crippen molar-refractivity contribution in [3.05, 3.63) is 46.0 Å². The maximum atomic E-state index is 11.1. The van der Waals surface area contributed by atoms with Gasteiger partial charge < -0.3 is 23.9 Å². The van der Waals surface area contributed by atoms with Crippen LogP contribution in [0.4, 0.5) is 0 Å². The Morgan fingerprint density at radius 2 is 2.00 bits per heavy atom. The molecule has 27 heavy (non-hydrogen) atoms. The van der Waals surface area contributed by atoms with Gasteiger partial charge in [0.25, 0.3) is 5.89 Å². The maximum Gasteiger partial charge on any atom is 0.254 e. The van der Waals surface area contributed by atoms with E-state index in [1.54, 1.807) is 42.7 Å². The number of carbonyl (C=O) groups excluding carboxylic acids is 1. The number of aryl methyl sites for hydroxylation is 1. The normalized spacial score (nSPS) is 11.4. The summed E-state index contributed by atoms with van der Waals surface area (Å²) in [7, 11) is 3.08. The molecule has 0 unspecified atom stereocenters. The predicted octanol–water partition coefficient (Wildman–Crippen LogP) is 2.80. The van der Waals surface area contributed by atoms with Crippen molar-refractivity contribution in [3.63, 3.8) is 0 Å². The summed E-state index contributed by atoms with van der Waals surface area (Å²) in [6, 6.07) is 9.08. The Balaban J connectivity index is 1.96. The van der Waals surface area contributed by atoms with E-state index in [1.165, 1.54) is 7.11 Å². The van der Waals surface area contributed by atoms with E-state index in [2.05, 4.69) is 10.1 Å². The van der Waals surface area contributed by atoms with Crippen molar-refractivity contribution in [1.82, 2.24) is 10.1 Å². The second-order valence-electron chi connectivity index (χ2n) is 5.66. The van der Waals surface area contributed by atoms with Crippen LogP contribution in [0.3, 0.4) is 0 Å². The standard InChI is InChI=1S/C19H18N2O5S/c1-11-4-6-14(27-11)8-13(10-17(22)23)19-20-18(21-26-19)12-5-7-15(24-2)16(9-12)25-3/h4-9H,10H2,1-3H3,(H,22,23)/p-1/b13-8+. The average molecular weight is 385 g/mol. The van der Waals surface area contributed by atoms with Crippen molar-refractivity contribution in [3.8, 4) is 22.9 Å². The smallest absolute Gasteiger partial charge is 0.254 e. The largest absolute Gasteiger partial charge is 0.550 e. The molecule has 0 aliphatic carbocycles. The molecule has 0 atom stereocenters. The van der Waals surface area contributed by atoms with Gasteiger partial charge >= 0.3 is 0 Å². The van der Waals surface area contributed by atoms with Gasteiger partial charge in [-0.3, -0.25) is 0 Å². The Labute approximate surface area is 159 Å². The topological polar surface area (TPSA) is 97.5 Å². The second kappa shape index (κ2) is 8.05. The quantitative estimate of drug-likeness (QED) is 0.617. The van der Waals surface area contributed by atoms with E-state index in [1.807, 2.05) is 19.1 Å². The molecule has 0 N–H and O–H groups in total. The molecule has 0 bridgehead atoms. The van der Waals surface area contributed by atoms with Crippen LogP contribution >= 0.6 is 11.3 Å². The lowest BCUT2D eigenvalue weighted by Crippen LogP contribution is -2.22. The fraction of sp³-hybridized carbons (Fsp3) is 0.211. The highest BCUT2D eigenvalue weighted by atomic mass is 32.1. The second-order valence-corrected chi connectivity index (χ2v) is 6.98. The van der Waals surface area contributed by atoms with Crippen molar-refractivity contribution < 1.29 is 23.9 Å². The molecule has 1 aromatic carbocycles. The van der Waals surface area contributed by atoms with E-state index in [-0.39, 0.29) is 12.3 Å². The number of carboxylic acids is 1. The van der Waals surface area contributed by atoms with E-state index >= 15 is 0 Å². The number of carboxylic acid groups (broad SMARTS) is 1. The highest BCUT2D eigenvalue weighted by Crippen LogP contribution is 2.32. The molecule has 3 rings (SSSR count). The average Bonchev–Trinajstić information content (AvgIpc) is 3.29. The van der Waals surface area contributed by atoms with Gasteiger partial charge in [-0.2, -0.15) is 4.98 Å². The molecule has 0 aliphatic rings. The van der Waals surface area contributed by atoms with Gasteiger partial charge in [0.15, 0.2) is 11.5 Å². The van der Waals surface area contributed by atoms with Gasteiger partial charge in [0, 0.05) is 33.3 Å². The summed E-state index contributed by atoms with van der Waals surface area (Å²) < 4.78 is 15.8. The molecule has 140 valence electrons. The number of rotatable bonds is 7. The number of aromatic nitrogens is 2. The highest BCUT2D eigenvalue weighted by Gasteiger charge is 2.15. The number of carbonyl (C=O) groups is 1. The fourth-order valence-corrected chi connectivity index (χ4v) is 3.34. The lowest BCUT2D eigenvalue weighted by molar-refractivity contribution is -0.304. The van der Waals surface area contributed by atoms with Crippen molar-refractivity contribution in [1.29, 1.82) is 0 Å². The van der Waals surface area contributed by atoms with Gasteiger partial charge in [0.2, 0.25) is 5.82 Å². The molecule has 0 amide bonds. The van der Waals surface area contributed by atoms with Crippen molar-refractivity contribution >= 4 is 29.0 Å². The maximum absolute atomic E-state index is 11.1. The van der Waals surface area contributed by atoms with Gasteiger partial charge in [-0.15, -0.1) is 11.3 Å². The van der Waals surface area contributed by atoms with E-state index < -0.39 is 5.97 Å². The Bertz CT molecular complexity index is 990. The minimum absolute atomic E-state index is 0.134. The lowest BCUT2D eigenvalue weighted by atomic mass is 10.1. The zero-order chi connectivity index (χ0) is 19.4. The van der Waals surface area contributed by atoms with Crippen LogP contribution in [0, 0.1) is 6.92 Å². The van der Waals surface area contributed by atoms with Gasteiger partial charge in [0.05, 0.1) is 14.2 Å². The van der Waals surface area contributed by atoms with Crippen molar-refractivity contribution in [2.24, 2.45) is 0 Å². The van der Waals surface area contributed by atoms with Crippen LogP contribution in [0.2, 0.25) is 0 Å². The summed E-state index contributed by atoms with van der Waals surface area (Å²) in [5, 5.41) is 15.1. The summed E-state index contributed by atoms with van der Waals surface area (Å²) in [5.41, 5.74) is 1.04. The molecule has 2 aromatic heterocycles. The third-order valence-electron chi connectivity index (χ3n) is 3.75. The summed E-state index contributed by atoms with van der Waals surface area (Å²) in [4.78, 5) is 17.5. The molecule has 8 heteroatoms. The number of aliphatic carboxylic acids is 1. The molecule has 3 aromatic rings. The molecule has 7 nitrogen and oxygen atoms in total. The fourth-order valence-electron chi connectivity index (χ4n) is 2.49. The predicted molar refractivity (Wildman–Crippen MR) is 99.4 cm³/mol. The monoisotopic (exact) mass is 385 g/mol. The zero-order valence-corrected chi connectivity index (χ0v) is 15.8. The van der Waals surface area contributed by atoms with E-state index in [0.717, 1.165) is 9.75 Å². The molecule has 0 aliphatic heterocycles. The van der Waals surface area contributed by atoms with E-state index in [0.29, 0.717) is 28.5 Å². The molecule has 0 radical (unpaired) electrons. The molecule has 2 heterocycles. The highest BCUT2D eigenvalue weighted by molar-refractivity contribution is 7.12. The molecule has 0 fully saturated rings. The first-order valence-electron chi connectivity index (χ1n) is 8.03. The number of ether oxygens (including phenoxy) is 2. The van der Waals surface area contributed by atoms with Crippen LogP contribution < -0.4 is 14.6 Å². The third kappa shape index (κ3) is 4.35. The number of hydrogen-bond donors (Lipinski definition) is 0. The Morgan fingerprint density at radius 1 is 1.22 bits per heavy atom. The number of thiophene rings is 1. The van der Waals surface area contributed by atoms with Gasteiger partial charge in [-0.05, 0) is 43.3 Å². The Hall–Kier alpha value is -3.13. The molecule has 0 saturated carbocycles. The van der Waals surface area contributed by atoms with E-state index in [9.17, 15) is 9.90 Å². The van der Waals surface area contributed by atoms with E-state index in [4.69, 9.17) is 14.0 Å². The van der Waals surface area contributed by atoms with Crippen LogP contribution in [-0.2, 0) is 4.79 Å². The Kier molecular flexibility index (Phi) is 5.56. The first kappa shape index (κ1) is 18.7. The Morgan fingerprint density at radius 3 is 2.63 bits per heavy atom. The number of nitrogens with zero attached hydrogens (tertiary/aromatic N) is 2. The molecule has 0 spiro atoms. The van der Waals surface area contributed by atoms with Crippen LogP contribution in [0.1, 0.15) is 22.1 Å². The molecule has 0 saturated heterocycles. The van der Waals surface area contributed by atoms with Crippen molar-refractivity contribution in [2.75, 3.05) is 14.2 Å². The first-order chi connectivity index (χ1) is 13.0. The number of hydrogen-bond acceptors (Lipinski definition) is 8. The SMILES string of the molecule is COc1ccc(-c2noc(/C(=C/c3ccc(C)s3)CC(=O)[O-])n2)cc1OC. The van der Waals surface area contributed by atoms with Gasteiger partial charge in [0.1, 0.15) is 0 Å². The molecular formula is C19H17N2O5S-. The zero-order valence-electron chi connectivity index (χ0n) is 15.0. The lowest BCUT2D eigenvalue weighted by Gasteiger charge is -2.07. The van der Waals surface area contributed by atoms with Crippen LogP contribution in [0.15, 0.2) is 34.9 Å². The van der Waals surface area contributed by atoms with Crippen LogP contribution in [0.25, 0.3) is 23.0 Å². The minimum atomic E-state index is -1.22. The first-order valence-corrected chi connectivity index (χ1v) is 8.85. The minimum Gasteiger partial charge on any atom is -0.550 e. The van der Waals surface area contributed by atoms with Crippen molar-refractivity contribution in [2.45, 2.75) is 13.3 Å². The molecular weight excluding hydrogens is 368 g/mol. The van der Waals surface area contributed by atoms with Gasteiger partial charge in [-0.25, -0.2) is 0 Å². The van der Waals surface area contributed by atoms with Crippen LogP contribution in [0.5, 0.6) is 11.5 Å². The van der Waals surface area contributed by atoms with Crippen LogP contribution in [-0.4, -0.2) is 30.3 Å². The third-order valence-corrected chi connectivity index (χ3v) is 4.70. The van der Waals surface area contributed by atoms with Gasteiger partial charge in [-0.1, -0.05) is 5.16 Å². The summed E-state index contributed by atoms with van der Waals surface area (Å²) in [6.45, 7) is 1.97. The summed E-state index contributed by atoms with van der Waals surface area (Å²) >= 11 is 1.54.